The average Bonchev–Trinajstić information content (AvgIpc) is 2.43. The molecular weight excluding hydrogens is 183 g/mol. The van der Waals surface area contributed by atoms with Gasteiger partial charge in [-0.3, -0.25) is 9.59 Å². The van der Waals surface area contributed by atoms with Crippen LogP contribution in [0.1, 0.15) is 12.0 Å². The van der Waals surface area contributed by atoms with Crippen LogP contribution in [0.3, 0.4) is 0 Å². The molecule has 0 spiro atoms. The van der Waals surface area contributed by atoms with E-state index in [1.807, 2.05) is 0 Å². The van der Waals surface area contributed by atoms with Gasteiger partial charge < -0.3 is 0 Å². The summed E-state index contributed by atoms with van der Waals surface area (Å²) in [6, 6.07) is 8.40. The van der Waals surface area contributed by atoms with Crippen LogP contribution in [0.2, 0.25) is 0 Å². The van der Waals surface area contributed by atoms with Gasteiger partial charge in [-0.05, 0) is 5.56 Å². The second-order valence-corrected chi connectivity index (χ2v) is 3.08. The SMILES string of the molecule is O=C1CC(=O)C(c2ccccc2)=C1F. The zero-order valence-corrected chi connectivity index (χ0v) is 7.29. The Balaban J connectivity index is 2.54. The van der Waals surface area contributed by atoms with Gasteiger partial charge in [0.2, 0.25) is 0 Å². The molecule has 0 N–H and O–H groups in total. The van der Waals surface area contributed by atoms with Crippen molar-refractivity contribution in [2.45, 2.75) is 6.42 Å². The van der Waals surface area contributed by atoms with Crippen LogP contribution in [0.15, 0.2) is 36.2 Å². The zero-order valence-electron chi connectivity index (χ0n) is 7.29. The molecule has 14 heavy (non-hydrogen) atoms. The molecule has 70 valence electrons. The summed E-state index contributed by atoms with van der Waals surface area (Å²) in [5.74, 6) is -2.05. The molecule has 2 rings (SSSR count). The molecule has 0 amide bonds. The van der Waals surface area contributed by atoms with Crippen LogP contribution in [0.25, 0.3) is 5.57 Å². The molecule has 0 radical (unpaired) electrons. The van der Waals surface area contributed by atoms with E-state index in [0.717, 1.165) is 0 Å². The molecular formula is C11H7FO2. The van der Waals surface area contributed by atoms with Gasteiger partial charge in [-0.15, -0.1) is 0 Å². The van der Waals surface area contributed by atoms with Gasteiger partial charge in [-0.2, -0.15) is 0 Å². The molecule has 1 aromatic rings. The maximum absolute atomic E-state index is 13.2. The third-order valence-electron chi connectivity index (χ3n) is 2.13. The molecule has 0 aliphatic heterocycles. The molecule has 1 aliphatic rings. The predicted molar refractivity (Wildman–Crippen MR) is 49.1 cm³/mol. The van der Waals surface area contributed by atoms with Gasteiger partial charge in [0.1, 0.15) is 0 Å². The first-order valence-electron chi connectivity index (χ1n) is 4.22. The van der Waals surface area contributed by atoms with Crippen LogP contribution in [0.4, 0.5) is 4.39 Å². The lowest BCUT2D eigenvalue weighted by molar-refractivity contribution is -0.121. The monoisotopic (exact) mass is 190 g/mol. The van der Waals surface area contributed by atoms with Gasteiger partial charge >= 0.3 is 0 Å². The fourth-order valence-corrected chi connectivity index (χ4v) is 1.47. The van der Waals surface area contributed by atoms with Crippen molar-refractivity contribution in [2.24, 2.45) is 0 Å². The van der Waals surface area contributed by atoms with Crippen molar-refractivity contribution in [1.29, 1.82) is 0 Å². The minimum Gasteiger partial charge on any atom is -0.294 e. The van der Waals surface area contributed by atoms with Crippen molar-refractivity contribution in [3.8, 4) is 0 Å². The van der Waals surface area contributed by atoms with Gasteiger partial charge in [0.25, 0.3) is 0 Å². The van der Waals surface area contributed by atoms with E-state index in [2.05, 4.69) is 0 Å². The van der Waals surface area contributed by atoms with Crippen molar-refractivity contribution in [1.82, 2.24) is 0 Å². The molecule has 0 saturated heterocycles. The molecule has 0 saturated carbocycles. The summed E-state index contributed by atoms with van der Waals surface area (Å²) in [4.78, 5) is 22.2. The highest BCUT2D eigenvalue weighted by Crippen LogP contribution is 2.29. The van der Waals surface area contributed by atoms with E-state index in [1.165, 1.54) is 0 Å². The number of rotatable bonds is 1. The quantitative estimate of drug-likeness (QED) is 0.634. The summed E-state index contributed by atoms with van der Waals surface area (Å²) >= 11 is 0. The minimum absolute atomic E-state index is 0.0735. The Bertz CT molecular complexity index is 432. The van der Waals surface area contributed by atoms with Crippen molar-refractivity contribution in [3.63, 3.8) is 0 Å². The summed E-state index contributed by atoms with van der Waals surface area (Å²) < 4.78 is 13.2. The molecule has 0 bridgehead atoms. The summed E-state index contributed by atoms with van der Waals surface area (Å²) in [6.45, 7) is 0. The maximum atomic E-state index is 13.2. The lowest BCUT2D eigenvalue weighted by Gasteiger charge is -1.98. The fraction of sp³-hybridized carbons (Fsp3) is 0.0909. The number of benzene rings is 1. The number of carbonyl (C=O) groups excluding carboxylic acids is 2. The number of allylic oxidation sites excluding steroid dienone is 2. The van der Waals surface area contributed by atoms with Crippen LogP contribution in [0.5, 0.6) is 0 Å². The van der Waals surface area contributed by atoms with Crippen LogP contribution < -0.4 is 0 Å². The second-order valence-electron chi connectivity index (χ2n) is 3.08. The lowest BCUT2D eigenvalue weighted by atomic mass is 10.0. The van der Waals surface area contributed by atoms with E-state index >= 15 is 0 Å². The molecule has 0 aromatic heterocycles. The highest BCUT2D eigenvalue weighted by molar-refractivity contribution is 6.37. The smallest absolute Gasteiger partial charge is 0.199 e. The molecule has 0 unspecified atom stereocenters. The summed E-state index contributed by atoms with van der Waals surface area (Å²) in [5.41, 5.74) is 0.399. The van der Waals surface area contributed by atoms with Gasteiger partial charge in [-0.25, -0.2) is 4.39 Å². The maximum Gasteiger partial charge on any atom is 0.199 e. The average molecular weight is 190 g/mol. The lowest BCUT2D eigenvalue weighted by Crippen LogP contribution is -1.96. The van der Waals surface area contributed by atoms with E-state index in [0.29, 0.717) is 5.56 Å². The largest absolute Gasteiger partial charge is 0.294 e. The first-order chi connectivity index (χ1) is 6.70. The predicted octanol–water partition coefficient (Wildman–Crippen LogP) is 1.91. The third-order valence-corrected chi connectivity index (χ3v) is 2.13. The molecule has 3 heteroatoms. The van der Waals surface area contributed by atoms with E-state index < -0.39 is 17.4 Å². The van der Waals surface area contributed by atoms with Gasteiger partial charge in [0, 0.05) is 0 Å². The van der Waals surface area contributed by atoms with E-state index in [-0.39, 0.29) is 12.0 Å². The summed E-state index contributed by atoms with van der Waals surface area (Å²) in [5, 5.41) is 0. The van der Waals surface area contributed by atoms with Crippen molar-refractivity contribution in [2.75, 3.05) is 0 Å². The fourth-order valence-electron chi connectivity index (χ4n) is 1.47. The number of Topliss-reactive ketones (excluding diaryl/α,β-unsaturated/α-hetero) is 2. The topological polar surface area (TPSA) is 34.1 Å². The number of hydrogen-bond donors (Lipinski definition) is 0. The number of halogens is 1. The first-order valence-corrected chi connectivity index (χ1v) is 4.22. The Labute approximate surface area is 80.0 Å². The Hall–Kier alpha value is -1.77. The van der Waals surface area contributed by atoms with Gasteiger partial charge in [0.15, 0.2) is 17.4 Å². The molecule has 1 aliphatic carbocycles. The Morgan fingerprint density at radius 3 is 2.14 bits per heavy atom. The second kappa shape index (κ2) is 3.18. The molecule has 1 aromatic carbocycles. The molecule has 0 heterocycles. The Morgan fingerprint density at radius 2 is 1.64 bits per heavy atom. The van der Waals surface area contributed by atoms with Crippen LogP contribution in [0, 0.1) is 0 Å². The van der Waals surface area contributed by atoms with E-state index in [4.69, 9.17) is 0 Å². The van der Waals surface area contributed by atoms with E-state index in [9.17, 15) is 14.0 Å². The Kier molecular flexibility index (Phi) is 2.00. The first kappa shape index (κ1) is 8.81. The van der Waals surface area contributed by atoms with E-state index in [1.54, 1.807) is 30.3 Å². The number of ketones is 2. The summed E-state index contributed by atoms with van der Waals surface area (Å²) in [7, 11) is 0. The standard InChI is InChI=1S/C11H7FO2/c12-11-9(14)6-8(13)10(11)7-4-2-1-3-5-7/h1-5H,6H2. The molecule has 0 fully saturated rings. The van der Waals surface area contributed by atoms with Crippen LogP contribution in [-0.2, 0) is 9.59 Å². The number of carbonyl (C=O) groups is 2. The van der Waals surface area contributed by atoms with Gasteiger partial charge in [-0.1, -0.05) is 30.3 Å². The van der Waals surface area contributed by atoms with Gasteiger partial charge in [0.05, 0.1) is 12.0 Å². The summed E-state index contributed by atoms with van der Waals surface area (Å²) in [6.07, 6.45) is -0.337. The highest BCUT2D eigenvalue weighted by Gasteiger charge is 2.31. The van der Waals surface area contributed by atoms with Crippen LogP contribution >= 0.6 is 0 Å². The molecule has 2 nitrogen and oxygen atoms in total. The van der Waals surface area contributed by atoms with Crippen molar-refractivity contribution < 1.29 is 14.0 Å². The zero-order chi connectivity index (χ0) is 10.1. The van der Waals surface area contributed by atoms with Crippen molar-refractivity contribution in [3.05, 3.63) is 41.7 Å². The minimum atomic E-state index is -0.902. The number of hydrogen-bond acceptors (Lipinski definition) is 2. The normalized spacial score (nSPS) is 16.6. The Morgan fingerprint density at radius 1 is 1.00 bits per heavy atom. The third kappa shape index (κ3) is 1.27. The highest BCUT2D eigenvalue weighted by atomic mass is 19.1. The molecule has 0 atom stereocenters. The van der Waals surface area contributed by atoms with Crippen LogP contribution in [-0.4, -0.2) is 11.6 Å². The van der Waals surface area contributed by atoms with Crippen molar-refractivity contribution >= 4 is 17.1 Å².